The van der Waals surface area contributed by atoms with Crippen molar-refractivity contribution in [1.29, 1.82) is 0 Å². The largest absolute Gasteiger partial charge is 0.573 e. The lowest BCUT2D eigenvalue weighted by Crippen LogP contribution is -2.48. The number of allylic oxidation sites excluding steroid dienone is 1. The molecule has 0 spiro atoms. The third-order valence-electron chi connectivity index (χ3n) is 7.67. The zero-order valence-electron chi connectivity index (χ0n) is 20.4. The molecule has 3 aliphatic rings. The van der Waals surface area contributed by atoms with E-state index in [-0.39, 0.29) is 17.2 Å². The highest BCUT2D eigenvalue weighted by Crippen LogP contribution is 2.51. The van der Waals surface area contributed by atoms with Gasteiger partial charge in [-0.2, -0.15) is 0 Å². The van der Waals surface area contributed by atoms with Crippen molar-refractivity contribution in [1.82, 2.24) is 14.9 Å². The third-order valence-corrected chi connectivity index (χ3v) is 7.67. The van der Waals surface area contributed by atoms with Gasteiger partial charge in [0.2, 0.25) is 0 Å². The van der Waals surface area contributed by atoms with Crippen molar-refractivity contribution in [2.45, 2.75) is 50.5 Å². The minimum absolute atomic E-state index is 0.190. The fraction of sp³-hybridized carbons (Fsp3) is 0.464. The second-order valence-corrected chi connectivity index (χ2v) is 10.2. The molecule has 0 amide bonds. The highest BCUT2D eigenvalue weighted by Gasteiger charge is 2.46. The first kappa shape index (κ1) is 24.8. The van der Waals surface area contributed by atoms with E-state index in [4.69, 9.17) is 0 Å². The van der Waals surface area contributed by atoms with Crippen molar-refractivity contribution in [3.63, 3.8) is 0 Å². The molecule has 0 saturated heterocycles. The van der Waals surface area contributed by atoms with Crippen molar-refractivity contribution < 1.29 is 23.0 Å². The zero-order chi connectivity index (χ0) is 25.3. The second-order valence-electron chi connectivity index (χ2n) is 10.2. The fourth-order valence-corrected chi connectivity index (χ4v) is 5.83. The number of H-pyrrole nitrogens is 1. The number of rotatable bonds is 9. The number of hydrogen-bond donors (Lipinski definition) is 2. The highest BCUT2D eigenvalue weighted by molar-refractivity contribution is 5.81. The predicted octanol–water partition coefficient (Wildman–Crippen LogP) is 5.96. The van der Waals surface area contributed by atoms with E-state index in [0.717, 1.165) is 45.2 Å². The van der Waals surface area contributed by atoms with Crippen LogP contribution in [0.5, 0.6) is 5.75 Å². The van der Waals surface area contributed by atoms with Crippen molar-refractivity contribution in [3.05, 3.63) is 66.0 Å². The summed E-state index contributed by atoms with van der Waals surface area (Å²) in [6.45, 7) is 1.59. The molecule has 0 unspecified atom stereocenters. The van der Waals surface area contributed by atoms with E-state index in [0.29, 0.717) is 23.7 Å². The van der Waals surface area contributed by atoms with Gasteiger partial charge in [-0.05, 0) is 74.9 Å². The Morgan fingerprint density at radius 3 is 2.64 bits per heavy atom. The summed E-state index contributed by atoms with van der Waals surface area (Å²) in [5.74, 6) is 0.944. The molecular formula is C28H32F3N3O2. The van der Waals surface area contributed by atoms with Gasteiger partial charge in [0, 0.05) is 18.9 Å². The number of para-hydroxylation sites is 1. The number of nitrogens with zero attached hydrogens (tertiary/aromatic N) is 2. The normalized spacial score (nSPS) is 23.9. The number of aryl methyl sites for hydroxylation is 1. The number of halogens is 3. The maximum absolute atomic E-state index is 12.7. The number of aromatic nitrogens is 2. The van der Waals surface area contributed by atoms with Crippen LogP contribution < -0.4 is 4.74 Å². The number of fused-ring (bicyclic) bond motifs is 3. The van der Waals surface area contributed by atoms with E-state index >= 15 is 0 Å². The van der Waals surface area contributed by atoms with Crippen LogP contribution >= 0.6 is 0 Å². The molecule has 192 valence electrons. The molecule has 2 bridgehead atoms. The number of hydrogen-bond acceptors (Lipinski definition) is 4. The highest BCUT2D eigenvalue weighted by atomic mass is 19.4. The number of aromatic amines is 1. The van der Waals surface area contributed by atoms with Crippen molar-refractivity contribution in [3.8, 4) is 5.75 Å². The predicted molar refractivity (Wildman–Crippen MR) is 133 cm³/mol. The van der Waals surface area contributed by atoms with Crippen LogP contribution in [0.2, 0.25) is 0 Å². The fourth-order valence-electron chi connectivity index (χ4n) is 5.83. The van der Waals surface area contributed by atoms with Gasteiger partial charge in [0.05, 0.1) is 11.1 Å². The number of alkyl halides is 3. The Balaban J connectivity index is 1.13. The summed E-state index contributed by atoms with van der Waals surface area (Å²) in [7, 11) is 2.05. The van der Waals surface area contributed by atoms with Crippen LogP contribution in [0.3, 0.4) is 0 Å². The number of benzene rings is 2. The van der Waals surface area contributed by atoms with Gasteiger partial charge >= 0.3 is 6.36 Å². The number of nitrogens with one attached hydrogen (secondary N) is 1. The Hall–Kier alpha value is -2.84. The van der Waals surface area contributed by atoms with Gasteiger partial charge in [0.15, 0.2) is 5.75 Å². The lowest BCUT2D eigenvalue weighted by molar-refractivity contribution is -0.274. The van der Waals surface area contributed by atoms with Crippen LogP contribution in [0, 0.1) is 11.8 Å². The Morgan fingerprint density at radius 2 is 1.92 bits per heavy atom. The molecule has 1 fully saturated rings. The molecule has 0 radical (unpaired) electrons. The van der Waals surface area contributed by atoms with Crippen molar-refractivity contribution in [2.24, 2.45) is 11.8 Å². The molecule has 5 nitrogen and oxygen atoms in total. The Labute approximate surface area is 209 Å². The monoisotopic (exact) mass is 499 g/mol. The third kappa shape index (κ3) is 5.44. The van der Waals surface area contributed by atoms with E-state index in [9.17, 15) is 18.3 Å². The van der Waals surface area contributed by atoms with Crippen LogP contribution in [-0.4, -0.2) is 52.1 Å². The van der Waals surface area contributed by atoms with Gasteiger partial charge in [0.25, 0.3) is 0 Å². The summed E-state index contributed by atoms with van der Waals surface area (Å²) < 4.78 is 42.1. The maximum Gasteiger partial charge on any atom is 0.573 e. The van der Waals surface area contributed by atoms with Crippen molar-refractivity contribution in [2.75, 3.05) is 20.1 Å². The number of ether oxygens (including phenoxy) is 1. The molecule has 6 rings (SSSR count). The standard InChI is InChI=1S/C28H32F3N3O2/c1-34(15-6-11-25-32-23-9-5-10-24(26(23)33-25)36-28(29,30)31)16-14-27(35)18-20-12-13-21(27)17-22(20)19-7-3-2-4-8-19/h2-5,7-10,17,20-21,35H,6,11-16,18H2,1H3,(H,32,33)/t20-,21+,27+/m1/s1. The molecule has 3 aliphatic carbocycles. The molecule has 1 heterocycles. The van der Waals surface area contributed by atoms with Gasteiger partial charge < -0.3 is 19.7 Å². The molecular weight excluding hydrogens is 467 g/mol. The Kier molecular flexibility index (Phi) is 6.83. The Bertz CT molecular complexity index is 1220. The number of imidazole rings is 1. The minimum atomic E-state index is -4.75. The zero-order valence-corrected chi connectivity index (χ0v) is 20.4. The lowest BCUT2D eigenvalue weighted by Gasteiger charge is -2.48. The first-order valence-corrected chi connectivity index (χ1v) is 12.6. The molecule has 0 aliphatic heterocycles. The lowest BCUT2D eigenvalue weighted by atomic mass is 9.61. The first-order chi connectivity index (χ1) is 17.2. The molecule has 8 heteroatoms. The molecule has 1 saturated carbocycles. The van der Waals surface area contributed by atoms with E-state index < -0.39 is 12.0 Å². The molecule has 1 aromatic heterocycles. The minimum Gasteiger partial charge on any atom is -0.403 e. The molecule has 2 N–H and O–H groups in total. The average molecular weight is 500 g/mol. The Morgan fingerprint density at radius 1 is 1.11 bits per heavy atom. The van der Waals surface area contributed by atoms with Crippen LogP contribution in [0.1, 0.15) is 43.5 Å². The van der Waals surface area contributed by atoms with Crippen LogP contribution in [0.4, 0.5) is 13.2 Å². The summed E-state index contributed by atoms with van der Waals surface area (Å²) in [6, 6.07) is 15.0. The summed E-state index contributed by atoms with van der Waals surface area (Å²) in [6.07, 6.45) is 2.68. The first-order valence-electron chi connectivity index (χ1n) is 12.6. The summed E-state index contributed by atoms with van der Waals surface area (Å²) in [5.41, 5.74) is 2.71. The van der Waals surface area contributed by atoms with Gasteiger partial charge in [0.1, 0.15) is 11.3 Å². The van der Waals surface area contributed by atoms with E-state index in [1.165, 1.54) is 23.3 Å². The smallest absolute Gasteiger partial charge is 0.403 e. The average Bonchev–Trinajstić information content (AvgIpc) is 3.27. The quantitative estimate of drug-likeness (QED) is 0.381. The molecule has 3 atom stereocenters. The van der Waals surface area contributed by atoms with E-state index in [1.807, 2.05) is 13.1 Å². The summed E-state index contributed by atoms with van der Waals surface area (Å²) in [4.78, 5) is 9.65. The molecule has 36 heavy (non-hydrogen) atoms. The van der Waals surface area contributed by atoms with E-state index in [1.54, 1.807) is 6.07 Å². The SMILES string of the molecule is CN(CCCc1nc2c(OC(F)(F)F)cccc2[nH]1)CC[C@]1(O)C[C@H]2CC[C@H]1C=C2c1ccccc1. The van der Waals surface area contributed by atoms with Crippen molar-refractivity contribution >= 4 is 16.6 Å². The van der Waals surface area contributed by atoms with Gasteiger partial charge in [-0.3, -0.25) is 0 Å². The van der Waals surface area contributed by atoms with Crippen LogP contribution in [0.25, 0.3) is 16.6 Å². The van der Waals surface area contributed by atoms with Gasteiger partial charge in [-0.25, -0.2) is 4.98 Å². The molecule has 2 aromatic carbocycles. The van der Waals surface area contributed by atoms with Gasteiger partial charge in [-0.1, -0.05) is 42.5 Å². The van der Waals surface area contributed by atoms with Crippen LogP contribution in [0.15, 0.2) is 54.6 Å². The van der Waals surface area contributed by atoms with E-state index in [2.05, 4.69) is 49.9 Å². The topological polar surface area (TPSA) is 61.4 Å². The molecule has 3 aromatic rings. The maximum atomic E-state index is 12.7. The number of aliphatic hydroxyl groups is 1. The van der Waals surface area contributed by atoms with Gasteiger partial charge in [-0.15, -0.1) is 13.2 Å². The van der Waals surface area contributed by atoms with Crippen LogP contribution in [-0.2, 0) is 6.42 Å². The summed E-state index contributed by atoms with van der Waals surface area (Å²) >= 11 is 0. The second kappa shape index (κ2) is 9.90. The summed E-state index contributed by atoms with van der Waals surface area (Å²) in [5, 5.41) is 11.5.